The summed E-state index contributed by atoms with van der Waals surface area (Å²) >= 11 is 1.43. The highest BCUT2D eigenvalue weighted by molar-refractivity contribution is 7.98. The molecule has 0 aliphatic carbocycles. The topological polar surface area (TPSA) is 345 Å². The molecule has 1 aliphatic rings. The molecular weight excluding hydrogens is 903 g/mol. The average Bonchev–Trinajstić information content (AvgIpc) is 3.75. The third kappa shape index (κ3) is 17.6. The number of hydrogen-bond donors (Lipinski definition) is 9. The van der Waals surface area contributed by atoms with E-state index in [1.54, 1.807) is 44.2 Å². The van der Waals surface area contributed by atoms with Crippen LogP contribution in [0.1, 0.15) is 65.7 Å². The zero-order chi connectivity index (χ0) is 49.1. The zero-order valence-electron chi connectivity index (χ0n) is 37.1. The lowest BCUT2D eigenvalue weighted by Gasteiger charge is -2.29. The largest absolute Gasteiger partial charge is 0.481 e. The van der Waals surface area contributed by atoms with Crippen molar-refractivity contribution < 1.29 is 61.4 Å². The molecule has 0 radical (unpaired) electrons. The van der Waals surface area contributed by atoms with Crippen molar-refractivity contribution in [3.63, 3.8) is 0 Å². The number of para-hydroxylation sites is 1. The Morgan fingerprint density at radius 1 is 0.773 bits per heavy atom. The molecule has 0 bridgehead atoms. The zero-order valence-corrected chi connectivity index (χ0v) is 38.7. The van der Waals surface area contributed by atoms with Crippen molar-refractivity contribution >= 4 is 75.0 Å². The van der Waals surface area contributed by atoms with Crippen LogP contribution in [0.25, 0.3) is 0 Å². The van der Waals surface area contributed by atoms with E-state index in [0.717, 1.165) is 0 Å². The lowest BCUT2D eigenvalue weighted by Crippen LogP contribution is -2.59. The van der Waals surface area contributed by atoms with Crippen LogP contribution < -0.4 is 47.5 Å². The van der Waals surface area contributed by atoms with Crippen LogP contribution in [0.2, 0.25) is 0 Å². The number of carboxylic acid groups (broad SMARTS) is 1. The van der Waals surface area contributed by atoms with Gasteiger partial charge in [-0.05, 0) is 86.9 Å². The Hall–Kier alpha value is -6.27. The number of hydrogen-bond acceptors (Lipinski definition) is 13. The summed E-state index contributed by atoms with van der Waals surface area (Å²) in [5.74, 6) is -7.39. The molecule has 2 aromatic carbocycles. The maximum Gasteiger partial charge on any atom is 0.305 e. The van der Waals surface area contributed by atoms with Gasteiger partial charge < -0.3 is 52.8 Å². The van der Waals surface area contributed by atoms with Crippen LogP contribution in [-0.2, 0) is 53.2 Å². The van der Waals surface area contributed by atoms with Gasteiger partial charge in [0, 0.05) is 19.5 Å². The molecule has 3 rings (SSSR count). The fraction of sp³-hybridized carbons (Fsp3) is 0.500. The molecule has 0 aromatic heterocycles. The predicted molar refractivity (Wildman–Crippen MR) is 241 cm³/mol. The molecule has 6 atom stereocenters. The molecule has 1 heterocycles. The number of carboxylic acids is 1. The minimum absolute atomic E-state index is 0.102. The lowest BCUT2D eigenvalue weighted by atomic mass is 10.0. The van der Waals surface area contributed by atoms with Crippen LogP contribution >= 0.6 is 11.8 Å². The highest BCUT2D eigenvalue weighted by atomic mass is 32.2. The molecule has 1 fully saturated rings. The highest BCUT2D eigenvalue weighted by Crippen LogP contribution is 2.23. The molecule has 8 amide bonds. The van der Waals surface area contributed by atoms with Gasteiger partial charge in [-0.15, -0.1) is 0 Å². The summed E-state index contributed by atoms with van der Waals surface area (Å²) in [7, 11) is -4.11. The first-order chi connectivity index (χ1) is 31.1. The summed E-state index contributed by atoms with van der Waals surface area (Å²) in [5, 5.41) is 21.5. The summed E-state index contributed by atoms with van der Waals surface area (Å²) < 4.78 is 33.7. The molecule has 2 aromatic rings. The van der Waals surface area contributed by atoms with Gasteiger partial charge in [-0.1, -0.05) is 32.0 Å². The average molecular weight is 962 g/mol. The number of sulfonamides is 1. The Balaban J connectivity index is 1.63. The number of nitrogens with zero attached hydrogens (tertiary/aromatic N) is 1. The maximum absolute atomic E-state index is 13.7. The molecule has 24 heteroatoms. The Kier molecular flexibility index (Phi) is 21.3. The highest BCUT2D eigenvalue weighted by Gasteiger charge is 2.38. The fourth-order valence-corrected chi connectivity index (χ4v) is 8.20. The van der Waals surface area contributed by atoms with E-state index in [1.165, 1.54) is 47.9 Å². The van der Waals surface area contributed by atoms with Crippen LogP contribution in [0.15, 0.2) is 59.5 Å². The van der Waals surface area contributed by atoms with Crippen LogP contribution in [0.3, 0.4) is 0 Å². The van der Waals surface area contributed by atoms with E-state index in [-0.39, 0.29) is 30.2 Å². The number of aliphatic carboxylic acids is 1. The van der Waals surface area contributed by atoms with Crippen molar-refractivity contribution in [2.75, 3.05) is 25.1 Å². The van der Waals surface area contributed by atoms with E-state index in [4.69, 9.17) is 16.2 Å². The Labute approximate surface area is 386 Å². The van der Waals surface area contributed by atoms with Crippen molar-refractivity contribution in [2.45, 2.75) is 107 Å². The Morgan fingerprint density at radius 3 is 1.94 bits per heavy atom. The quantitative estimate of drug-likeness (QED) is 0.0531. The summed E-state index contributed by atoms with van der Waals surface area (Å²) in [5.41, 5.74) is 10.8. The second kappa shape index (κ2) is 26.0. The molecule has 1 saturated heterocycles. The standard InChI is InChI=1S/C42H59N9O13S2/c1-24(2)21-30(40(59)48-29(17-20-65-4)42(61)51-19-8-11-33(51)37(44)56)49-38(57)25(3)46-39(58)32(23-36(54)55)50-41(60)31(22-34(43)52)47-35(53)16-18-45-66(62,63)28-14-12-27(13-15-28)64-26-9-6-5-7-10-26/h5-7,9-10,12-15,24-25,29-33,45H,8,11,16-23H2,1-4H3,(H2,43,52)(H2,44,56)(H,46,58)(H,47,53)(H,48,59)(H,49,57)(H,50,60)(H,54,55)/t25-,29-,30-,31-,32-,33-/m0/s1. The van der Waals surface area contributed by atoms with Crippen molar-refractivity contribution in [1.82, 2.24) is 36.2 Å². The van der Waals surface area contributed by atoms with Gasteiger partial charge in [-0.25, -0.2) is 13.1 Å². The third-order valence-electron chi connectivity index (χ3n) is 10.0. The smallest absolute Gasteiger partial charge is 0.305 e. The van der Waals surface area contributed by atoms with Crippen LogP contribution in [0.4, 0.5) is 0 Å². The van der Waals surface area contributed by atoms with Gasteiger partial charge >= 0.3 is 5.97 Å². The summed E-state index contributed by atoms with van der Waals surface area (Å²) in [6, 6.07) is 6.17. The van der Waals surface area contributed by atoms with Crippen molar-refractivity contribution in [1.29, 1.82) is 0 Å². The number of nitrogens with two attached hydrogens (primary N) is 2. The Morgan fingerprint density at radius 2 is 1.35 bits per heavy atom. The number of benzene rings is 2. The van der Waals surface area contributed by atoms with Crippen molar-refractivity contribution in [3.05, 3.63) is 54.6 Å². The first-order valence-electron chi connectivity index (χ1n) is 21.0. The summed E-state index contributed by atoms with van der Waals surface area (Å²) in [6.07, 6.45) is 0.741. The first-order valence-corrected chi connectivity index (χ1v) is 23.9. The van der Waals surface area contributed by atoms with E-state index >= 15 is 0 Å². The molecule has 66 heavy (non-hydrogen) atoms. The molecule has 11 N–H and O–H groups in total. The van der Waals surface area contributed by atoms with Crippen LogP contribution in [0, 0.1) is 5.92 Å². The van der Waals surface area contributed by atoms with Gasteiger partial charge in [0.15, 0.2) is 0 Å². The van der Waals surface area contributed by atoms with Gasteiger partial charge in [0.1, 0.15) is 47.8 Å². The SMILES string of the molecule is CSCC[C@H](NC(=O)[C@H](CC(C)C)NC(=O)[C@H](C)NC(=O)[C@H](CC(=O)O)NC(=O)[C@H](CC(N)=O)NC(=O)CCNS(=O)(=O)c1ccc(Oc2ccccc2)cc1)C(=O)N1CCC[C@H]1C(N)=O. The number of ether oxygens (including phenoxy) is 1. The van der Waals surface area contributed by atoms with Gasteiger partial charge in [0.05, 0.1) is 17.7 Å². The van der Waals surface area contributed by atoms with E-state index in [9.17, 15) is 56.7 Å². The fourth-order valence-electron chi connectivity index (χ4n) is 6.70. The van der Waals surface area contributed by atoms with Gasteiger partial charge in [0.2, 0.25) is 57.3 Å². The number of nitrogens with one attached hydrogen (secondary N) is 6. The van der Waals surface area contributed by atoms with Gasteiger partial charge in [-0.3, -0.25) is 43.2 Å². The van der Waals surface area contributed by atoms with Gasteiger partial charge in [-0.2, -0.15) is 11.8 Å². The van der Waals surface area contributed by atoms with Gasteiger partial charge in [0.25, 0.3) is 0 Å². The van der Waals surface area contributed by atoms with E-state index in [1.807, 2.05) is 6.26 Å². The molecule has 1 aliphatic heterocycles. The molecule has 362 valence electrons. The second-order valence-corrected chi connectivity index (χ2v) is 18.6. The van der Waals surface area contributed by atoms with E-state index in [2.05, 4.69) is 31.3 Å². The van der Waals surface area contributed by atoms with Crippen LogP contribution in [-0.4, -0.2) is 133 Å². The molecule has 0 unspecified atom stereocenters. The number of primary amides is 2. The second-order valence-electron chi connectivity index (χ2n) is 15.8. The summed E-state index contributed by atoms with van der Waals surface area (Å²) in [4.78, 5) is 117. The predicted octanol–water partition coefficient (Wildman–Crippen LogP) is -0.783. The normalized spacial score (nSPS) is 15.8. The number of rotatable bonds is 27. The Bertz CT molecular complexity index is 2160. The molecule has 22 nitrogen and oxygen atoms in total. The lowest BCUT2D eigenvalue weighted by molar-refractivity contribution is -0.142. The van der Waals surface area contributed by atoms with E-state index < -0.39 is 125 Å². The number of amides is 8. The first kappa shape index (κ1) is 54.1. The maximum atomic E-state index is 13.7. The van der Waals surface area contributed by atoms with E-state index in [0.29, 0.717) is 30.1 Å². The molecule has 0 saturated carbocycles. The van der Waals surface area contributed by atoms with Crippen LogP contribution in [0.5, 0.6) is 11.5 Å². The number of carbonyl (C=O) groups is 9. The molecular formula is C42H59N9O13S2. The van der Waals surface area contributed by atoms with Crippen molar-refractivity contribution in [3.8, 4) is 11.5 Å². The minimum atomic E-state index is -4.11. The van der Waals surface area contributed by atoms with Crippen molar-refractivity contribution in [2.24, 2.45) is 17.4 Å². The number of likely N-dealkylation sites (tertiary alicyclic amines) is 1. The minimum Gasteiger partial charge on any atom is -0.481 e. The number of carbonyl (C=O) groups excluding carboxylic acids is 8. The monoisotopic (exact) mass is 961 g/mol. The summed E-state index contributed by atoms with van der Waals surface area (Å²) in [6.45, 7) is 4.64. The number of thioether (sulfide) groups is 1. The molecule has 0 spiro atoms. The third-order valence-corrected chi connectivity index (χ3v) is 12.1.